The summed E-state index contributed by atoms with van der Waals surface area (Å²) < 4.78 is 5.26. The largest absolute Gasteiger partial charge is 0.478 e. The molecule has 0 saturated heterocycles. The van der Waals surface area contributed by atoms with Crippen LogP contribution in [0.4, 0.5) is 0 Å². The predicted octanol–water partition coefficient (Wildman–Crippen LogP) is 1.54. The third-order valence-electron chi connectivity index (χ3n) is 1.93. The Bertz CT molecular complexity index is 575. The van der Waals surface area contributed by atoms with Crippen LogP contribution in [0.3, 0.4) is 0 Å². The molecule has 2 rings (SSSR count). The van der Waals surface area contributed by atoms with Gasteiger partial charge in [0.25, 0.3) is 0 Å². The Hall–Kier alpha value is -2.50. The number of aliphatic carboxylic acids is 1. The number of aromatic nitrogens is 3. The summed E-state index contributed by atoms with van der Waals surface area (Å²) in [6.45, 7) is 1.90. The number of nitrogens with zero attached hydrogens (tertiary/aromatic N) is 3. The van der Waals surface area contributed by atoms with Crippen LogP contribution < -0.4 is 0 Å². The number of rotatable bonds is 3. The molecular formula is C11H9N3O3. The summed E-state index contributed by atoms with van der Waals surface area (Å²) in [5.74, 6) is -0.614. The fourth-order valence-electron chi connectivity index (χ4n) is 1.23. The van der Waals surface area contributed by atoms with Crippen molar-refractivity contribution < 1.29 is 14.3 Å². The smallest absolute Gasteiger partial charge is 0.328 e. The van der Waals surface area contributed by atoms with Crippen molar-refractivity contribution in [3.63, 3.8) is 0 Å². The maximum Gasteiger partial charge on any atom is 0.328 e. The van der Waals surface area contributed by atoms with E-state index in [4.69, 9.17) is 9.52 Å². The molecule has 0 aliphatic rings. The first kappa shape index (κ1) is 11.0. The molecule has 17 heavy (non-hydrogen) atoms. The molecule has 6 heteroatoms. The highest BCUT2D eigenvalue weighted by Gasteiger charge is 2.07. The van der Waals surface area contributed by atoms with Crippen molar-refractivity contribution in [2.75, 3.05) is 0 Å². The van der Waals surface area contributed by atoms with Gasteiger partial charge in [0.1, 0.15) is 0 Å². The van der Waals surface area contributed by atoms with Gasteiger partial charge in [-0.15, -0.1) is 10.2 Å². The van der Waals surface area contributed by atoms with Crippen LogP contribution in [0.1, 0.15) is 11.5 Å². The van der Waals surface area contributed by atoms with Crippen molar-refractivity contribution in [1.29, 1.82) is 0 Å². The van der Waals surface area contributed by atoms with Gasteiger partial charge in [-0.3, -0.25) is 4.98 Å². The van der Waals surface area contributed by atoms with Crippen molar-refractivity contribution in [3.05, 3.63) is 36.0 Å². The van der Waals surface area contributed by atoms with E-state index in [-0.39, 0.29) is 5.89 Å². The Balaban J connectivity index is 2.27. The summed E-state index contributed by atoms with van der Waals surface area (Å²) in [6.07, 6.45) is 5.49. The molecule has 0 fully saturated rings. The highest BCUT2D eigenvalue weighted by Crippen LogP contribution is 2.17. The molecule has 2 heterocycles. The van der Waals surface area contributed by atoms with Crippen molar-refractivity contribution >= 4 is 12.0 Å². The first-order valence-electron chi connectivity index (χ1n) is 4.81. The standard InChI is InChI=1S/C11H9N3O3/c1-7-4-8(6-12-5-7)11-14-13-9(17-11)2-3-10(15)16/h2-6H,1H3,(H,15,16)/b3-2+. The number of carbonyl (C=O) groups is 1. The normalized spacial score (nSPS) is 10.9. The molecule has 0 aliphatic heterocycles. The van der Waals surface area contributed by atoms with Crippen LogP contribution in [0.25, 0.3) is 17.5 Å². The number of carboxylic acids is 1. The number of pyridine rings is 1. The van der Waals surface area contributed by atoms with Crippen molar-refractivity contribution in [2.24, 2.45) is 0 Å². The average Bonchev–Trinajstić information content (AvgIpc) is 2.75. The number of aryl methyl sites for hydroxylation is 1. The molecule has 0 atom stereocenters. The molecule has 0 bridgehead atoms. The van der Waals surface area contributed by atoms with Crippen LogP contribution >= 0.6 is 0 Å². The molecule has 0 amide bonds. The van der Waals surface area contributed by atoms with Crippen molar-refractivity contribution in [1.82, 2.24) is 15.2 Å². The van der Waals surface area contributed by atoms with Gasteiger partial charge in [0.15, 0.2) is 0 Å². The van der Waals surface area contributed by atoms with Gasteiger partial charge >= 0.3 is 5.97 Å². The second-order valence-corrected chi connectivity index (χ2v) is 3.37. The van der Waals surface area contributed by atoms with E-state index in [1.165, 1.54) is 6.08 Å². The highest BCUT2D eigenvalue weighted by molar-refractivity contribution is 5.84. The van der Waals surface area contributed by atoms with Crippen LogP contribution in [-0.2, 0) is 4.79 Å². The summed E-state index contributed by atoms with van der Waals surface area (Å²) in [6, 6.07) is 1.85. The van der Waals surface area contributed by atoms with Gasteiger partial charge in [-0.2, -0.15) is 0 Å². The van der Waals surface area contributed by atoms with Gasteiger partial charge < -0.3 is 9.52 Å². The Morgan fingerprint density at radius 3 is 2.94 bits per heavy atom. The second kappa shape index (κ2) is 4.56. The lowest BCUT2D eigenvalue weighted by Crippen LogP contribution is -1.85. The molecule has 0 saturated carbocycles. The zero-order valence-electron chi connectivity index (χ0n) is 8.99. The zero-order valence-corrected chi connectivity index (χ0v) is 8.99. The van der Waals surface area contributed by atoms with Crippen LogP contribution in [-0.4, -0.2) is 26.3 Å². The molecule has 2 aromatic rings. The molecule has 2 aromatic heterocycles. The molecule has 0 radical (unpaired) electrons. The Labute approximate surface area is 96.6 Å². The fourth-order valence-corrected chi connectivity index (χ4v) is 1.23. The third-order valence-corrected chi connectivity index (χ3v) is 1.93. The molecule has 0 spiro atoms. The topological polar surface area (TPSA) is 89.1 Å². The summed E-state index contributed by atoms with van der Waals surface area (Å²) in [5.41, 5.74) is 1.68. The Morgan fingerprint density at radius 1 is 1.41 bits per heavy atom. The van der Waals surface area contributed by atoms with E-state index >= 15 is 0 Å². The number of hydrogen-bond donors (Lipinski definition) is 1. The van der Waals surface area contributed by atoms with Gasteiger partial charge in [-0.1, -0.05) is 0 Å². The fraction of sp³-hybridized carbons (Fsp3) is 0.0909. The van der Waals surface area contributed by atoms with Gasteiger partial charge in [0.05, 0.1) is 5.56 Å². The van der Waals surface area contributed by atoms with Crippen LogP contribution in [0, 0.1) is 6.92 Å². The third kappa shape index (κ3) is 2.75. The van der Waals surface area contributed by atoms with Gasteiger partial charge in [0, 0.05) is 24.5 Å². The lowest BCUT2D eigenvalue weighted by atomic mass is 10.2. The van der Waals surface area contributed by atoms with Crippen LogP contribution in [0.15, 0.2) is 29.0 Å². The first-order chi connectivity index (χ1) is 8.15. The summed E-state index contributed by atoms with van der Waals surface area (Å²) >= 11 is 0. The van der Waals surface area contributed by atoms with Crippen molar-refractivity contribution in [2.45, 2.75) is 6.92 Å². The molecule has 1 N–H and O–H groups in total. The van der Waals surface area contributed by atoms with Gasteiger partial charge in [-0.05, 0) is 18.6 Å². The van der Waals surface area contributed by atoms with Crippen LogP contribution in [0.5, 0.6) is 0 Å². The predicted molar refractivity (Wildman–Crippen MR) is 58.9 cm³/mol. The quantitative estimate of drug-likeness (QED) is 0.806. The zero-order chi connectivity index (χ0) is 12.3. The molecule has 0 aromatic carbocycles. The first-order valence-corrected chi connectivity index (χ1v) is 4.81. The number of hydrogen-bond acceptors (Lipinski definition) is 5. The lowest BCUT2D eigenvalue weighted by molar-refractivity contribution is -0.131. The van der Waals surface area contributed by atoms with E-state index in [2.05, 4.69) is 15.2 Å². The summed E-state index contributed by atoms with van der Waals surface area (Å²) in [4.78, 5) is 14.3. The second-order valence-electron chi connectivity index (χ2n) is 3.37. The lowest BCUT2D eigenvalue weighted by Gasteiger charge is -1.94. The SMILES string of the molecule is Cc1cncc(-c2nnc(/C=C/C(=O)O)o2)c1. The molecule has 86 valence electrons. The molecule has 0 aliphatic carbocycles. The number of carboxylic acid groups (broad SMARTS) is 1. The van der Waals surface area contributed by atoms with E-state index in [0.717, 1.165) is 11.6 Å². The van der Waals surface area contributed by atoms with Gasteiger partial charge in [0.2, 0.25) is 11.8 Å². The molecule has 0 unspecified atom stereocenters. The maximum absolute atomic E-state index is 10.3. The minimum atomic E-state index is -1.07. The average molecular weight is 231 g/mol. The monoisotopic (exact) mass is 231 g/mol. The summed E-state index contributed by atoms with van der Waals surface area (Å²) in [5, 5.41) is 16.0. The van der Waals surface area contributed by atoms with E-state index in [1.54, 1.807) is 12.4 Å². The minimum Gasteiger partial charge on any atom is -0.478 e. The maximum atomic E-state index is 10.3. The van der Waals surface area contributed by atoms with E-state index in [9.17, 15) is 4.79 Å². The molecular weight excluding hydrogens is 222 g/mol. The van der Waals surface area contributed by atoms with Gasteiger partial charge in [-0.25, -0.2) is 4.79 Å². The molecule has 6 nitrogen and oxygen atoms in total. The minimum absolute atomic E-state index is 0.143. The summed E-state index contributed by atoms with van der Waals surface area (Å²) in [7, 11) is 0. The highest BCUT2D eigenvalue weighted by atomic mass is 16.4. The van der Waals surface area contributed by atoms with Crippen LogP contribution in [0.2, 0.25) is 0 Å². The van der Waals surface area contributed by atoms with Crippen molar-refractivity contribution in [3.8, 4) is 11.5 Å². The Morgan fingerprint density at radius 2 is 2.24 bits per heavy atom. The van der Waals surface area contributed by atoms with E-state index in [0.29, 0.717) is 11.5 Å². The van der Waals surface area contributed by atoms with E-state index in [1.807, 2.05) is 13.0 Å². The van der Waals surface area contributed by atoms with E-state index < -0.39 is 5.97 Å². The Kier molecular flexibility index (Phi) is 2.95.